The molecular formula is C10H15F6NO2. The van der Waals surface area contributed by atoms with Gasteiger partial charge in [-0.2, -0.15) is 26.3 Å². The van der Waals surface area contributed by atoms with E-state index in [1.54, 1.807) is 6.92 Å². The molecule has 1 aliphatic rings. The third kappa shape index (κ3) is 4.22. The smallest absolute Gasteiger partial charge is 0.374 e. The van der Waals surface area contributed by atoms with Gasteiger partial charge in [0.05, 0.1) is 12.2 Å². The predicted octanol–water partition coefficient (Wildman–Crippen LogP) is 2.39. The second kappa shape index (κ2) is 5.84. The average Bonchev–Trinajstić information content (AvgIpc) is 2.20. The van der Waals surface area contributed by atoms with Crippen LogP contribution in [0.3, 0.4) is 0 Å². The van der Waals surface area contributed by atoms with E-state index in [1.807, 2.05) is 0 Å². The fourth-order valence-corrected chi connectivity index (χ4v) is 1.75. The number of halogens is 6. The van der Waals surface area contributed by atoms with Crippen molar-refractivity contribution in [3.63, 3.8) is 0 Å². The zero-order chi connectivity index (χ0) is 14.8. The second-order valence-electron chi connectivity index (χ2n) is 4.37. The van der Waals surface area contributed by atoms with Gasteiger partial charge in [-0.1, -0.05) is 6.92 Å². The Morgan fingerprint density at radius 1 is 1.16 bits per heavy atom. The highest BCUT2D eigenvalue weighted by Gasteiger charge is 2.60. The molecule has 3 atom stereocenters. The highest BCUT2D eigenvalue weighted by molar-refractivity contribution is 4.96. The molecule has 1 saturated carbocycles. The summed E-state index contributed by atoms with van der Waals surface area (Å²) < 4.78 is 83.0. The molecule has 1 aliphatic carbocycles. The van der Waals surface area contributed by atoms with Gasteiger partial charge >= 0.3 is 12.4 Å². The van der Waals surface area contributed by atoms with Crippen LogP contribution in [0.1, 0.15) is 19.8 Å². The van der Waals surface area contributed by atoms with Crippen LogP contribution in [0.15, 0.2) is 0 Å². The summed E-state index contributed by atoms with van der Waals surface area (Å²) >= 11 is 0. The molecule has 114 valence electrons. The van der Waals surface area contributed by atoms with Crippen LogP contribution in [0.2, 0.25) is 0 Å². The molecule has 3 unspecified atom stereocenters. The normalized spacial score (nSPS) is 28.6. The molecule has 1 rings (SSSR count). The van der Waals surface area contributed by atoms with Crippen LogP contribution in [0.5, 0.6) is 0 Å². The molecule has 0 aromatic heterocycles. The van der Waals surface area contributed by atoms with E-state index >= 15 is 0 Å². The van der Waals surface area contributed by atoms with Crippen molar-refractivity contribution in [3.8, 4) is 0 Å². The van der Waals surface area contributed by atoms with Crippen LogP contribution >= 0.6 is 0 Å². The lowest BCUT2D eigenvalue weighted by Crippen LogP contribution is -2.61. The van der Waals surface area contributed by atoms with E-state index in [0.29, 0.717) is 6.42 Å². The van der Waals surface area contributed by atoms with Gasteiger partial charge in [0.15, 0.2) is 0 Å². The molecule has 0 amide bonds. The molecule has 0 aromatic carbocycles. The van der Waals surface area contributed by atoms with E-state index in [1.165, 1.54) is 0 Å². The number of nitrogens with two attached hydrogens (primary N) is 1. The Bertz CT molecular complexity index is 279. The summed E-state index contributed by atoms with van der Waals surface area (Å²) in [5, 5.41) is 0. The maximum absolute atomic E-state index is 12.3. The fraction of sp³-hybridized carbons (Fsp3) is 1.00. The first-order valence-electron chi connectivity index (χ1n) is 5.73. The van der Waals surface area contributed by atoms with Crippen LogP contribution in [0.25, 0.3) is 0 Å². The van der Waals surface area contributed by atoms with Crippen molar-refractivity contribution in [2.24, 2.45) is 5.73 Å². The quantitative estimate of drug-likeness (QED) is 0.792. The minimum absolute atomic E-state index is 0.0863. The largest absolute Gasteiger partial charge is 0.423 e. The third-order valence-corrected chi connectivity index (χ3v) is 2.71. The monoisotopic (exact) mass is 295 g/mol. The first-order chi connectivity index (χ1) is 8.57. The molecule has 0 bridgehead atoms. The molecule has 19 heavy (non-hydrogen) atoms. The molecule has 0 heterocycles. The topological polar surface area (TPSA) is 44.5 Å². The molecule has 9 heteroatoms. The Morgan fingerprint density at radius 2 is 1.68 bits per heavy atom. The number of hydrogen-bond donors (Lipinski definition) is 1. The standard InChI is InChI=1S/C10H15F6NO2/c1-2-3-18-7-5(17)4-6(7)19-8(9(11,12)13)10(14,15)16/h5-8H,2-4,17H2,1H3. The first kappa shape index (κ1) is 16.5. The lowest BCUT2D eigenvalue weighted by molar-refractivity contribution is -0.344. The lowest BCUT2D eigenvalue weighted by atomic mass is 9.86. The van der Waals surface area contributed by atoms with Gasteiger partial charge in [-0.25, -0.2) is 0 Å². The molecule has 1 fully saturated rings. The van der Waals surface area contributed by atoms with Gasteiger partial charge < -0.3 is 15.2 Å². The van der Waals surface area contributed by atoms with Gasteiger partial charge in [-0.3, -0.25) is 0 Å². The van der Waals surface area contributed by atoms with E-state index in [4.69, 9.17) is 10.5 Å². The summed E-state index contributed by atoms with van der Waals surface area (Å²) in [4.78, 5) is 0. The van der Waals surface area contributed by atoms with Crippen LogP contribution < -0.4 is 5.73 Å². The minimum Gasteiger partial charge on any atom is -0.374 e. The maximum Gasteiger partial charge on any atom is 0.423 e. The van der Waals surface area contributed by atoms with Crippen molar-refractivity contribution in [1.82, 2.24) is 0 Å². The SMILES string of the molecule is CCCOC1C(N)CC1OC(C(F)(F)F)C(F)(F)F. The van der Waals surface area contributed by atoms with Crippen molar-refractivity contribution in [2.45, 2.75) is 56.5 Å². The molecule has 2 N–H and O–H groups in total. The number of rotatable bonds is 5. The summed E-state index contributed by atoms with van der Waals surface area (Å²) in [7, 11) is 0. The van der Waals surface area contributed by atoms with E-state index < -0.39 is 36.7 Å². The van der Waals surface area contributed by atoms with Gasteiger partial charge in [0.2, 0.25) is 6.10 Å². The van der Waals surface area contributed by atoms with E-state index in [-0.39, 0.29) is 13.0 Å². The number of hydrogen-bond acceptors (Lipinski definition) is 3. The summed E-state index contributed by atoms with van der Waals surface area (Å²) in [6.07, 6.45) is -16.5. The molecular weight excluding hydrogens is 280 g/mol. The van der Waals surface area contributed by atoms with Crippen molar-refractivity contribution < 1.29 is 35.8 Å². The zero-order valence-corrected chi connectivity index (χ0v) is 10.1. The van der Waals surface area contributed by atoms with Crippen molar-refractivity contribution in [3.05, 3.63) is 0 Å². The first-order valence-corrected chi connectivity index (χ1v) is 5.73. The van der Waals surface area contributed by atoms with Crippen LogP contribution in [-0.4, -0.2) is 43.3 Å². The lowest BCUT2D eigenvalue weighted by Gasteiger charge is -2.43. The molecule has 0 saturated heterocycles. The van der Waals surface area contributed by atoms with Gasteiger partial charge in [0.1, 0.15) is 0 Å². The third-order valence-electron chi connectivity index (χ3n) is 2.71. The Hall–Kier alpha value is -0.540. The van der Waals surface area contributed by atoms with Gasteiger partial charge in [0, 0.05) is 12.6 Å². The Labute approximate surface area is 106 Å². The number of alkyl halides is 6. The molecule has 0 aliphatic heterocycles. The summed E-state index contributed by atoms with van der Waals surface area (Å²) in [6, 6.07) is -0.598. The van der Waals surface area contributed by atoms with E-state index in [0.717, 1.165) is 0 Å². The summed E-state index contributed by atoms with van der Waals surface area (Å²) in [5.41, 5.74) is 5.48. The van der Waals surface area contributed by atoms with Crippen molar-refractivity contribution in [1.29, 1.82) is 0 Å². The van der Waals surface area contributed by atoms with Gasteiger partial charge in [-0.05, 0) is 12.8 Å². The van der Waals surface area contributed by atoms with E-state index in [2.05, 4.69) is 4.74 Å². The molecule has 0 aromatic rings. The number of ether oxygens (including phenoxy) is 2. The molecule has 0 radical (unpaired) electrons. The minimum atomic E-state index is -5.51. The van der Waals surface area contributed by atoms with Crippen molar-refractivity contribution in [2.75, 3.05) is 6.61 Å². The van der Waals surface area contributed by atoms with Gasteiger partial charge in [-0.15, -0.1) is 0 Å². The maximum atomic E-state index is 12.3. The van der Waals surface area contributed by atoms with Crippen LogP contribution in [0, 0.1) is 0 Å². The molecule has 3 nitrogen and oxygen atoms in total. The van der Waals surface area contributed by atoms with E-state index in [9.17, 15) is 26.3 Å². The van der Waals surface area contributed by atoms with Gasteiger partial charge in [0.25, 0.3) is 0 Å². The Kier molecular flexibility index (Phi) is 5.08. The Morgan fingerprint density at radius 3 is 2.05 bits per heavy atom. The van der Waals surface area contributed by atoms with Crippen LogP contribution in [-0.2, 0) is 9.47 Å². The van der Waals surface area contributed by atoms with Crippen LogP contribution in [0.4, 0.5) is 26.3 Å². The Balaban J connectivity index is 2.65. The summed E-state index contributed by atoms with van der Waals surface area (Å²) in [5.74, 6) is 0. The fourth-order valence-electron chi connectivity index (χ4n) is 1.75. The van der Waals surface area contributed by atoms with Crippen molar-refractivity contribution >= 4 is 0 Å². The second-order valence-corrected chi connectivity index (χ2v) is 4.37. The predicted molar refractivity (Wildman–Crippen MR) is 53.4 cm³/mol. The molecule has 0 spiro atoms. The highest BCUT2D eigenvalue weighted by atomic mass is 19.4. The highest BCUT2D eigenvalue weighted by Crippen LogP contribution is 2.39. The average molecular weight is 295 g/mol. The summed E-state index contributed by atoms with van der Waals surface area (Å²) in [6.45, 7) is 1.97. The zero-order valence-electron chi connectivity index (χ0n) is 10.1.